The van der Waals surface area contributed by atoms with Gasteiger partial charge in [0.15, 0.2) is 0 Å². The molecule has 1 aliphatic heterocycles. The van der Waals surface area contributed by atoms with Gasteiger partial charge in [-0.15, -0.1) is 0 Å². The Morgan fingerprint density at radius 3 is 2.39 bits per heavy atom. The van der Waals surface area contributed by atoms with E-state index in [2.05, 4.69) is 34.5 Å². The molecule has 1 heterocycles. The number of ether oxygens (including phenoxy) is 1. The first-order chi connectivity index (χ1) is 17.6. The summed E-state index contributed by atoms with van der Waals surface area (Å²) in [5.74, 6) is 2.97. The zero-order valence-corrected chi connectivity index (χ0v) is 21.7. The van der Waals surface area contributed by atoms with E-state index in [0.717, 1.165) is 57.0 Å². The predicted molar refractivity (Wildman–Crippen MR) is 147 cm³/mol. The molecule has 2 aliphatic carbocycles. The van der Waals surface area contributed by atoms with Crippen molar-refractivity contribution < 1.29 is 4.74 Å². The van der Waals surface area contributed by atoms with Gasteiger partial charge in [0.1, 0.15) is 17.1 Å². The number of hydrogen-bond donors (Lipinski definition) is 2. The van der Waals surface area contributed by atoms with Crippen molar-refractivity contribution in [3.8, 4) is 5.75 Å². The van der Waals surface area contributed by atoms with Gasteiger partial charge in [0.2, 0.25) is 0 Å². The Labute approximate surface area is 215 Å². The summed E-state index contributed by atoms with van der Waals surface area (Å²) in [6.45, 7) is 2.94. The number of nitrogens with zero attached hydrogens (tertiary/aromatic N) is 1. The minimum Gasteiger partial charge on any atom is -0.494 e. The van der Waals surface area contributed by atoms with E-state index in [-0.39, 0.29) is 16.9 Å². The van der Waals surface area contributed by atoms with E-state index in [1.54, 1.807) is 0 Å². The molecule has 3 fully saturated rings. The van der Waals surface area contributed by atoms with Crippen molar-refractivity contribution in [2.24, 2.45) is 23.5 Å². The number of nitrogens with one attached hydrogen (secondary N) is 1. The third-order valence-electron chi connectivity index (χ3n) is 8.64. The summed E-state index contributed by atoms with van der Waals surface area (Å²) >= 11 is 0. The van der Waals surface area contributed by atoms with Crippen LogP contribution >= 0.6 is 0 Å². The molecule has 6 nitrogen and oxygen atoms in total. The predicted octanol–water partition coefficient (Wildman–Crippen LogP) is 4.63. The number of benzene rings is 1. The molecule has 36 heavy (non-hydrogen) atoms. The van der Waals surface area contributed by atoms with Crippen LogP contribution in [0.5, 0.6) is 5.75 Å². The van der Waals surface area contributed by atoms with Crippen LogP contribution in [0.25, 0.3) is 0 Å². The first-order valence-electron chi connectivity index (χ1n) is 14.4. The fourth-order valence-corrected chi connectivity index (χ4v) is 6.30. The van der Waals surface area contributed by atoms with Crippen LogP contribution in [-0.2, 0) is 6.42 Å². The summed E-state index contributed by atoms with van der Waals surface area (Å²) < 4.78 is 5.90. The topological polar surface area (TPSA) is 84.7 Å². The highest BCUT2D eigenvalue weighted by atomic mass is 16.5. The molecule has 1 saturated heterocycles. The van der Waals surface area contributed by atoms with Crippen LogP contribution in [0.4, 0.5) is 11.4 Å². The monoisotopic (exact) mass is 493 g/mol. The van der Waals surface area contributed by atoms with E-state index in [4.69, 9.17) is 10.5 Å². The van der Waals surface area contributed by atoms with Gasteiger partial charge in [0.05, 0.1) is 6.61 Å². The third-order valence-corrected chi connectivity index (χ3v) is 8.64. The number of hydrogen-bond acceptors (Lipinski definition) is 6. The molecule has 0 aromatic heterocycles. The Bertz CT molecular complexity index is 1050. The van der Waals surface area contributed by atoms with Crippen LogP contribution < -0.4 is 31.5 Å². The third kappa shape index (κ3) is 6.31. The van der Waals surface area contributed by atoms with Gasteiger partial charge < -0.3 is 20.7 Å². The summed E-state index contributed by atoms with van der Waals surface area (Å²) in [7, 11) is 0. The van der Waals surface area contributed by atoms with Crippen molar-refractivity contribution in [2.45, 2.75) is 83.1 Å². The Kier molecular flexibility index (Phi) is 8.30. The highest BCUT2D eigenvalue weighted by Crippen LogP contribution is 2.33. The zero-order valence-electron chi connectivity index (χ0n) is 21.7. The highest BCUT2D eigenvalue weighted by molar-refractivity contribution is 5.75. The van der Waals surface area contributed by atoms with Crippen molar-refractivity contribution in [3.63, 3.8) is 0 Å². The van der Waals surface area contributed by atoms with Gasteiger partial charge in [-0.05, 0) is 67.6 Å². The second-order valence-electron chi connectivity index (χ2n) is 11.6. The van der Waals surface area contributed by atoms with Crippen molar-refractivity contribution in [1.29, 1.82) is 0 Å². The zero-order chi connectivity index (χ0) is 24.9. The molecule has 0 spiro atoms. The molecular weight excluding hydrogens is 450 g/mol. The van der Waals surface area contributed by atoms with Crippen LogP contribution in [-0.4, -0.2) is 32.3 Å². The van der Waals surface area contributed by atoms with Crippen LogP contribution in [0.2, 0.25) is 0 Å². The highest BCUT2D eigenvalue weighted by Gasteiger charge is 2.31. The van der Waals surface area contributed by atoms with Gasteiger partial charge in [-0.25, -0.2) is 0 Å². The Hall–Kier alpha value is -2.34. The number of rotatable bonds is 12. The Morgan fingerprint density at radius 2 is 1.67 bits per heavy atom. The Morgan fingerprint density at radius 1 is 0.917 bits per heavy atom. The fourth-order valence-electron chi connectivity index (χ4n) is 6.30. The summed E-state index contributed by atoms with van der Waals surface area (Å²) in [6.07, 6.45) is 14.4. The van der Waals surface area contributed by atoms with Gasteiger partial charge in [0.25, 0.3) is 10.9 Å². The molecule has 2 aromatic carbocycles. The lowest BCUT2D eigenvalue weighted by Crippen LogP contribution is -2.48. The van der Waals surface area contributed by atoms with E-state index < -0.39 is 0 Å². The van der Waals surface area contributed by atoms with Crippen LogP contribution in [0.3, 0.4) is 0 Å². The van der Waals surface area contributed by atoms with E-state index in [9.17, 15) is 9.59 Å². The number of anilines is 2. The van der Waals surface area contributed by atoms with Crippen molar-refractivity contribution in [2.75, 3.05) is 36.5 Å². The molecule has 3 aliphatic rings. The second-order valence-corrected chi connectivity index (χ2v) is 11.6. The molecule has 0 amide bonds. The standard InChI is InChI=1S/C30H43N3O3/c31-19-25(18-22-5-2-1-3-6-22)32-27-28(30(35)29(27)34)33-15-4-7-24(20-33)17-23-10-12-26(13-11-23)36-16-14-21-8-9-21/h10-13,21-22,24-25,32H,1-9,14-20,31H2/t24?,25-/m0/s1. The van der Waals surface area contributed by atoms with Crippen LogP contribution in [0.1, 0.15) is 76.2 Å². The van der Waals surface area contributed by atoms with Gasteiger partial charge in [-0.2, -0.15) is 0 Å². The van der Waals surface area contributed by atoms with Crippen molar-refractivity contribution >= 4 is 11.4 Å². The largest absolute Gasteiger partial charge is 0.494 e. The fraction of sp³-hybridized carbons (Fsp3) is 0.667. The summed E-state index contributed by atoms with van der Waals surface area (Å²) in [5.41, 5.74) is 7.79. The Balaban J connectivity index is 1.16. The molecular formula is C30H43N3O3. The summed E-state index contributed by atoms with van der Waals surface area (Å²) in [4.78, 5) is 27.3. The first-order valence-corrected chi connectivity index (χ1v) is 14.4. The average Bonchev–Trinajstić information content (AvgIpc) is 3.74. The molecule has 2 saturated carbocycles. The minimum atomic E-state index is -0.369. The lowest BCUT2D eigenvalue weighted by molar-refractivity contribution is 0.302. The maximum atomic E-state index is 12.6. The van der Waals surface area contributed by atoms with Gasteiger partial charge >= 0.3 is 0 Å². The minimum absolute atomic E-state index is 0.0562. The normalized spacial score (nSPS) is 22.0. The summed E-state index contributed by atoms with van der Waals surface area (Å²) in [6, 6.07) is 8.57. The van der Waals surface area contributed by atoms with E-state index in [1.165, 1.54) is 56.9 Å². The van der Waals surface area contributed by atoms with Crippen LogP contribution in [0.15, 0.2) is 33.9 Å². The van der Waals surface area contributed by atoms with Crippen LogP contribution in [0, 0.1) is 17.8 Å². The average molecular weight is 494 g/mol. The smallest absolute Gasteiger partial charge is 0.253 e. The summed E-state index contributed by atoms with van der Waals surface area (Å²) in [5, 5.41) is 3.40. The lowest BCUT2D eigenvalue weighted by atomic mass is 9.84. The maximum Gasteiger partial charge on any atom is 0.253 e. The molecule has 0 radical (unpaired) electrons. The maximum absolute atomic E-state index is 12.6. The number of piperidine rings is 1. The molecule has 1 unspecified atom stereocenters. The van der Waals surface area contributed by atoms with Crippen molar-refractivity contribution in [1.82, 2.24) is 0 Å². The molecule has 2 atom stereocenters. The first kappa shape index (κ1) is 25.3. The van der Waals surface area contributed by atoms with E-state index in [0.29, 0.717) is 29.8 Å². The SMILES string of the molecule is NC[C@H](CC1CCCCC1)Nc1c(N2CCCC(Cc3ccc(OCCC4CC4)cc3)C2)c(=O)c1=O. The molecule has 3 N–H and O–H groups in total. The molecule has 5 rings (SSSR count). The molecule has 196 valence electrons. The quantitative estimate of drug-likeness (QED) is 0.420. The molecule has 6 heteroatoms. The van der Waals surface area contributed by atoms with E-state index >= 15 is 0 Å². The lowest BCUT2D eigenvalue weighted by Gasteiger charge is -2.36. The van der Waals surface area contributed by atoms with Gasteiger partial charge in [-0.3, -0.25) is 9.59 Å². The van der Waals surface area contributed by atoms with E-state index in [1.807, 2.05) is 0 Å². The second kappa shape index (κ2) is 11.8. The van der Waals surface area contributed by atoms with Gasteiger partial charge in [-0.1, -0.05) is 57.1 Å². The molecule has 2 aromatic rings. The van der Waals surface area contributed by atoms with Crippen molar-refractivity contribution in [3.05, 3.63) is 50.3 Å². The number of nitrogens with two attached hydrogens (primary N) is 1. The molecule has 0 bridgehead atoms. The van der Waals surface area contributed by atoms with Gasteiger partial charge in [0, 0.05) is 25.7 Å².